The van der Waals surface area contributed by atoms with Gasteiger partial charge in [-0.15, -0.1) is 0 Å². The fourth-order valence-corrected chi connectivity index (χ4v) is 2.01. The number of nitrogens with one attached hydrogen (secondary N) is 1. The van der Waals surface area contributed by atoms with E-state index in [0.717, 1.165) is 11.3 Å². The SMILES string of the molecule is C(=Cc1ccccc1)COc1ccc2[nH]ccc2c1. The molecule has 0 fully saturated rings. The van der Waals surface area contributed by atoms with Crippen molar-refractivity contribution in [3.8, 4) is 5.75 Å². The maximum absolute atomic E-state index is 5.70. The van der Waals surface area contributed by atoms with Gasteiger partial charge in [-0.3, -0.25) is 0 Å². The third-order valence-corrected chi connectivity index (χ3v) is 2.98. The van der Waals surface area contributed by atoms with Crippen molar-refractivity contribution in [2.45, 2.75) is 0 Å². The van der Waals surface area contributed by atoms with Crippen molar-refractivity contribution >= 4 is 17.0 Å². The van der Waals surface area contributed by atoms with Crippen LogP contribution in [0.1, 0.15) is 5.56 Å². The van der Waals surface area contributed by atoms with Crippen molar-refractivity contribution in [2.24, 2.45) is 0 Å². The molecule has 0 unspecified atom stereocenters. The summed E-state index contributed by atoms with van der Waals surface area (Å²) in [7, 11) is 0. The normalized spacial score (nSPS) is 11.2. The molecule has 0 saturated carbocycles. The highest BCUT2D eigenvalue weighted by molar-refractivity contribution is 5.80. The Balaban J connectivity index is 1.61. The molecule has 2 heteroatoms. The zero-order valence-corrected chi connectivity index (χ0v) is 10.5. The minimum atomic E-state index is 0.574. The van der Waals surface area contributed by atoms with Crippen molar-refractivity contribution in [1.29, 1.82) is 0 Å². The summed E-state index contributed by atoms with van der Waals surface area (Å²) >= 11 is 0. The fourth-order valence-electron chi connectivity index (χ4n) is 2.01. The monoisotopic (exact) mass is 249 g/mol. The van der Waals surface area contributed by atoms with E-state index >= 15 is 0 Å². The standard InChI is InChI=1S/C17H15NO/c1-2-5-14(6-3-1)7-4-12-19-16-8-9-17-15(13-16)10-11-18-17/h1-11,13,18H,12H2. The number of hydrogen-bond donors (Lipinski definition) is 1. The Labute approximate surface area is 112 Å². The Morgan fingerprint density at radius 2 is 1.89 bits per heavy atom. The summed E-state index contributed by atoms with van der Waals surface area (Å²) in [5, 5.41) is 1.17. The second-order valence-corrected chi connectivity index (χ2v) is 4.35. The van der Waals surface area contributed by atoms with E-state index < -0.39 is 0 Å². The molecule has 0 aliphatic carbocycles. The van der Waals surface area contributed by atoms with Crippen LogP contribution in [0.15, 0.2) is 66.9 Å². The smallest absolute Gasteiger partial charge is 0.120 e. The number of H-pyrrole nitrogens is 1. The van der Waals surface area contributed by atoms with E-state index in [9.17, 15) is 0 Å². The molecule has 0 atom stereocenters. The molecule has 3 aromatic rings. The molecule has 19 heavy (non-hydrogen) atoms. The lowest BCUT2D eigenvalue weighted by Gasteiger charge is -2.03. The number of benzene rings is 2. The molecule has 94 valence electrons. The Bertz CT molecular complexity index is 683. The predicted molar refractivity (Wildman–Crippen MR) is 79.3 cm³/mol. The number of fused-ring (bicyclic) bond motifs is 1. The lowest BCUT2D eigenvalue weighted by atomic mass is 10.2. The molecule has 2 nitrogen and oxygen atoms in total. The second kappa shape index (κ2) is 5.44. The van der Waals surface area contributed by atoms with Crippen LogP contribution >= 0.6 is 0 Å². The van der Waals surface area contributed by atoms with E-state index in [-0.39, 0.29) is 0 Å². The maximum Gasteiger partial charge on any atom is 0.120 e. The Kier molecular flexibility index (Phi) is 3.32. The first-order valence-corrected chi connectivity index (χ1v) is 6.33. The second-order valence-electron chi connectivity index (χ2n) is 4.35. The van der Waals surface area contributed by atoms with Crippen LogP contribution in [0, 0.1) is 0 Å². The maximum atomic E-state index is 5.70. The third-order valence-electron chi connectivity index (χ3n) is 2.98. The zero-order chi connectivity index (χ0) is 12.9. The summed E-state index contributed by atoms with van der Waals surface area (Å²) < 4.78 is 5.70. The minimum Gasteiger partial charge on any atom is -0.490 e. The molecule has 0 aliphatic heterocycles. The van der Waals surface area contributed by atoms with Crippen molar-refractivity contribution < 1.29 is 4.74 Å². The van der Waals surface area contributed by atoms with Gasteiger partial charge in [-0.2, -0.15) is 0 Å². The average Bonchev–Trinajstić information content (AvgIpc) is 2.92. The molecule has 2 aromatic carbocycles. The first kappa shape index (κ1) is 11.6. The molecule has 0 aliphatic rings. The highest BCUT2D eigenvalue weighted by Crippen LogP contribution is 2.19. The lowest BCUT2D eigenvalue weighted by molar-refractivity contribution is 0.364. The molecule has 1 aromatic heterocycles. The van der Waals surface area contributed by atoms with Gasteiger partial charge in [0.1, 0.15) is 12.4 Å². The van der Waals surface area contributed by atoms with Gasteiger partial charge in [-0.25, -0.2) is 0 Å². The highest BCUT2D eigenvalue weighted by Gasteiger charge is 1.96. The van der Waals surface area contributed by atoms with Gasteiger partial charge in [0.25, 0.3) is 0 Å². The quantitative estimate of drug-likeness (QED) is 0.734. The topological polar surface area (TPSA) is 25.0 Å². The van der Waals surface area contributed by atoms with E-state index in [2.05, 4.69) is 23.2 Å². The van der Waals surface area contributed by atoms with Crippen LogP contribution in [0.2, 0.25) is 0 Å². The summed E-state index contributed by atoms with van der Waals surface area (Å²) in [6.45, 7) is 0.574. The highest BCUT2D eigenvalue weighted by atomic mass is 16.5. The van der Waals surface area contributed by atoms with Gasteiger partial charge in [0, 0.05) is 17.1 Å². The van der Waals surface area contributed by atoms with Crippen molar-refractivity contribution in [3.05, 3.63) is 72.4 Å². The number of aromatic nitrogens is 1. The van der Waals surface area contributed by atoms with Crippen LogP contribution in [0.3, 0.4) is 0 Å². The largest absolute Gasteiger partial charge is 0.490 e. The number of hydrogen-bond acceptors (Lipinski definition) is 1. The molecular weight excluding hydrogens is 234 g/mol. The third kappa shape index (κ3) is 2.86. The number of rotatable bonds is 4. The van der Waals surface area contributed by atoms with Gasteiger partial charge in [-0.1, -0.05) is 36.4 Å². The molecule has 0 spiro atoms. The molecule has 0 radical (unpaired) electrons. The lowest BCUT2D eigenvalue weighted by Crippen LogP contribution is -1.92. The average molecular weight is 249 g/mol. The summed E-state index contributed by atoms with van der Waals surface area (Å²) in [5.74, 6) is 0.893. The molecule has 1 N–H and O–H groups in total. The summed E-state index contributed by atoms with van der Waals surface area (Å²) in [4.78, 5) is 3.17. The molecule has 3 rings (SSSR count). The minimum absolute atomic E-state index is 0.574. The number of aromatic amines is 1. The van der Waals surface area contributed by atoms with E-state index in [4.69, 9.17) is 4.74 Å². The molecule has 0 amide bonds. The van der Waals surface area contributed by atoms with Crippen molar-refractivity contribution in [1.82, 2.24) is 4.98 Å². The Morgan fingerprint density at radius 1 is 1.00 bits per heavy atom. The first-order valence-electron chi connectivity index (χ1n) is 6.33. The predicted octanol–water partition coefficient (Wildman–Crippen LogP) is 4.26. The first-order chi connectivity index (χ1) is 9.42. The Hall–Kier alpha value is -2.48. The summed E-state index contributed by atoms with van der Waals surface area (Å²) in [6, 6.07) is 18.3. The Morgan fingerprint density at radius 3 is 2.79 bits per heavy atom. The molecule has 0 saturated heterocycles. The van der Waals surface area contributed by atoms with Crippen LogP contribution in [0.5, 0.6) is 5.75 Å². The van der Waals surface area contributed by atoms with Crippen molar-refractivity contribution in [3.63, 3.8) is 0 Å². The van der Waals surface area contributed by atoms with Crippen molar-refractivity contribution in [2.75, 3.05) is 6.61 Å². The molecule has 0 bridgehead atoms. The van der Waals surface area contributed by atoms with E-state index in [0.29, 0.717) is 6.61 Å². The van der Waals surface area contributed by atoms with Gasteiger partial charge >= 0.3 is 0 Å². The van der Waals surface area contributed by atoms with Gasteiger partial charge in [0.05, 0.1) is 0 Å². The zero-order valence-electron chi connectivity index (χ0n) is 10.5. The van der Waals surface area contributed by atoms with Crippen LogP contribution in [0.25, 0.3) is 17.0 Å². The summed E-state index contributed by atoms with van der Waals surface area (Å²) in [6.07, 6.45) is 6.02. The van der Waals surface area contributed by atoms with Gasteiger partial charge in [0.15, 0.2) is 0 Å². The fraction of sp³-hybridized carbons (Fsp3) is 0.0588. The van der Waals surface area contributed by atoms with Crippen LogP contribution < -0.4 is 4.74 Å². The van der Waals surface area contributed by atoms with Crippen LogP contribution in [-0.2, 0) is 0 Å². The van der Waals surface area contributed by atoms with E-state index in [1.165, 1.54) is 10.9 Å². The van der Waals surface area contributed by atoms with E-state index in [1.807, 2.05) is 54.7 Å². The van der Waals surface area contributed by atoms with Gasteiger partial charge in [-0.05, 0) is 35.9 Å². The van der Waals surface area contributed by atoms with Crippen LogP contribution in [-0.4, -0.2) is 11.6 Å². The van der Waals surface area contributed by atoms with Gasteiger partial charge < -0.3 is 9.72 Å². The molecular formula is C17H15NO. The molecule has 1 heterocycles. The van der Waals surface area contributed by atoms with Crippen LogP contribution in [0.4, 0.5) is 0 Å². The summed E-state index contributed by atoms with van der Waals surface area (Å²) in [5.41, 5.74) is 2.32. The number of ether oxygens (including phenoxy) is 1. The van der Waals surface area contributed by atoms with Gasteiger partial charge in [0.2, 0.25) is 0 Å². The van der Waals surface area contributed by atoms with E-state index in [1.54, 1.807) is 0 Å².